The fourth-order valence-corrected chi connectivity index (χ4v) is 3.58. The summed E-state index contributed by atoms with van der Waals surface area (Å²) in [5, 5.41) is 3.12. The van der Waals surface area contributed by atoms with Crippen LogP contribution < -0.4 is 19.5 Å². The Labute approximate surface area is 191 Å². The van der Waals surface area contributed by atoms with Gasteiger partial charge >= 0.3 is 0 Å². The molecule has 1 aliphatic heterocycles. The van der Waals surface area contributed by atoms with E-state index in [-0.39, 0.29) is 17.8 Å². The van der Waals surface area contributed by atoms with Crippen LogP contribution in [0.1, 0.15) is 18.2 Å². The van der Waals surface area contributed by atoms with Gasteiger partial charge in [-0.3, -0.25) is 14.5 Å². The molecule has 2 amide bonds. The van der Waals surface area contributed by atoms with E-state index in [0.717, 1.165) is 4.90 Å². The number of nitrogens with one attached hydrogen (secondary N) is 1. The second-order valence-corrected chi connectivity index (χ2v) is 7.17. The molecule has 8 nitrogen and oxygen atoms in total. The summed E-state index contributed by atoms with van der Waals surface area (Å²) in [6, 6.07) is 15.6. The molecule has 3 aromatic rings. The molecular formula is C25H24N2O6. The number of ether oxygens (including phenoxy) is 3. The maximum Gasteiger partial charge on any atom is 0.278 e. The van der Waals surface area contributed by atoms with Crippen molar-refractivity contribution in [1.82, 2.24) is 4.90 Å². The molecule has 0 spiro atoms. The van der Waals surface area contributed by atoms with E-state index in [2.05, 4.69) is 5.32 Å². The van der Waals surface area contributed by atoms with Crippen LogP contribution in [0.3, 0.4) is 0 Å². The number of rotatable bonds is 9. The van der Waals surface area contributed by atoms with Gasteiger partial charge in [-0.05, 0) is 48.9 Å². The van der Waals surface area contributed by atoms with Crippen LogP contribution in [0.25, 0.3) is 5.57 Å². The lowest BCUT2D eigenvalue weighted by Gasteiger charge is -2.15. The number of hydrogen-bond acceptors (Lipinski definition) is 7. The molecular weight excluding hydrogens is 424 g/mol. The van der Waals surface area contributed by atoms with E-state index in [9.17, 15) is 9.59 Å². The van der Waals surface area contributed by atoms with Crippen LogP contribution in [0.5, 0.6) is 17.2 Å². The zero-order chi connectivity index (χ0) is 23.4. The molecule has 0 atom stereocenters. The molecule has 0 radical (unpaired) electrons. The molecule has 4 rings (SSSR count). The van der Waals surface area contributed by atoms with Gasteiger partial charge in [0.25, 0.3) is 11.8 Å². The Morgan fingerprint density at radius 1 is 0.939 bits per heavy atom. The first-order chi connectivity index (χ1) is 16.0. The highest BCUT2D eigenvalue weighted by atomic mass is 16.5. The maximum atomic E-state index is 13.4. The monoisotopic (exact) mass is 448 g/mol. The normalized spacial score (nSPS) is 13.5. The van der Waals surface area contributed by atoms with Gasteiger partial charge in [-0.25, -0.2) is 0 Å². The van der Waals surface area contributed by atoms with E-state index in [1.165, 1.54) is 13.4 Å². The number of methoxy groups -OCH3 is 2. The summed E-state index contributed by atoms with van der Waals surface area (Å²) in [5.41, 5.74) is 1.53. The van der Waals surface area contributed by atoms with Gasteiger partial charge in [0, 0.05) is 6.07 Å². The number of nitrogens with zero attached hydrogens (tertiary/aromatic N) is 1. The summed E-state index contributed by atoms with van der Waals surface area (Å²) in [6.07, 6.45) is 1.50. The van der Waals surface area contributed by atoms with E-state index in [4.69, 9.17) is 18.6 Å². The number of imide groups is 1. The Kier molecular flexibility index (Phi) is 6.35. The maximum absolute atomic E-state index is 13.4. The number of benzene rings is 2. The SMILES string of the molecule is CCOc1ccc(C2=C(Nc3ccc(OC)cc3OC)C(=O)N(Cc3ccco3)C2=O)cc1. The van der Waals surface area contributed by atoms with Crippen molar-refractivity contribution >= 4 is 23.1 Å². The number of furan rings is 1. The Bertz CT molecular complexity index is 1180. The molecule has 0 saturated carbocycles. The zero-order valence-corrected chi connectivity index (χ0v) is 18.6. The summed E-state index contributed by atoms with van der Waals surface area (Å²) in [6.45, 7) is 2.45. The minimum atomic E-state index is -0.460. The Balaban J connectivity index is 1.75. The van der Waals surface area contributed by atoms with E-state index < -0.39 is 11.8 Å². The largest absolute Gasteiger partial charge is 0.497 e. The van der Waals surface area contributed by atoms with Crippen molar-refractivity contribution in [3.63, 3.8) is 0 Å². The average molecular weight is 448 g/mol. The molecule has 1 aliphatic rings. The highest BCUT2D eigenvalue weighted by Gasteiger charge is 2.40. The van der Waals surface area contributed by atoms with Crippen molar-refractivity contribution in [3.05, 3.63) is 77.9 Å². The van der Waals surface area contributed by atoms with Crippen LogP contribution in [-0.2, 0) is 16.1 Å². The molecule has 1 N–H and O–H groups in total. The molecule has 0 unspecified atom stereocenters. The highest BCUT2D eigenvalue weighted by molar-refractivity contribution is 6.36. The highest BCUT2D eigenvalue weighted by Crippen LogP contribution is 2.36. The predicted octanol–water partition coefficient (Wildman–Crippen LogP) is 4.09. The van der Waals surface area contributed by atoms with Gasteiger partial charge in [0.2, 0.25) is 0 Å². The first kappa shape index (κ1) is 22.0. The lowest BCUT2D eigenvalue weighted by Crippen LogP contribution is -2.31. The fourth-order valence-electron chi connectivity index (χ4n) is 3.58. The molecule has 33 heavy (non-hydrogen) atoms. The lowest BCUT2D eigenvalue weighted by atomic mass is 10.0. The Morgan fingerprint density at radius 2 is 1.70 bits per heavy atom. The van der Waals surface area contributed by atoms with Crippen molar-refractivity contribution < 1.29 is 28.2 Å². The molecule has 1 aromatic heterocycles. The lowest BCUT2D eigenvalue weighted by molar-refractivity contribution is -0.137. The van der Waals surface area contributed by atoms with E-state index in [1.54, 1.807) is 61.7 Å². The van der Waals surface area contributed by atoms with E-state index >= 15 is 0 Å². The van der Waals surface area contributed by atoms with Gasteiger partial charge in [-0.15, -0.1) is 0 Å². The molecule has 0 aliphatic carbocycles. The van der Waals surface area contributed by atoms with Crippen molar-refractivity contribution in [1.29, 1.82) is 0 Å². The summed E-state index contributed by atoms with van der Waals surface area (Å²) in [7, 11) is 3.08. The third-order valence-electron chi connectivity index (χ3n) is 5.18. The average Bonchev–Trinajstić information content (AvgIpc) is 3.43. The topological polar surface area (TPSA) is 90.2 Å². The minimum absolute atomic E-state index is 0.0239. The van der Waals surface area contributed by atoms with Gasteiger partial charge in [-0.1, -0.05) is 12.1 Å². The first-order valence-corrected chi connectivity index (χ1v) is 10.4. The quantitative estimate of drug-likeness (QED) is 0.493. The summed E-state index contributed by atoms with van der Waals surface area (Å²) in [5.74, 6) is 1.38. The number of carbonyl (C=O) groups is 2. The summed E-state index contributed by atoms with van der Waals surface area (Å²) < 4.78 is 21.6. The second kappa shape index (κ2) is 9.52. The predicted molar refractivity (Wildman–Crippen MR) is 122 cm³/mol. The molecule has 0 bridgehead atoms. The fraction of sp³-hybridized carbons (Fsp3) is 0.200. The molecule has 170 valence electrons. The van der Waals surface area contributed by atoms with E-state index in [0.29, 0.717) is 40.9 Å². The van der Waals surface area contributed by atoms with Crippen LogP contribution in [0.15, 0.2) is 71.0 Å². The second-order valence-electron chi connectivity index (χ2n) is 7.17. The van der Waals surface area contributed by atoms with E-state index in [1.807, 2.05) is 6.92 Å². The molecule has 0 saturated heterocycles. The van der Waals surface area contributed by atoms with Crippen molar-refractivity contribution in [2.75, 3.05) is 26.1 Å². The van der Waals surface area contributed by atoms with Crippen molar-refractivity contribution in [3.8, 4) is 17.2 Å². The number of hydrogen-bond donors (Lipinski definition) is 1. The summed E-state index contributed by atoms with van der Waals surface area (Å²) in [4.78, 5) is 27.9. The number of anilines is 1. The Hall–Kier alpha value is -4.20. The zero-order valence-electron chi connectivity index (χ0n) is 18.6. The minimum Gasteiger partial charge on any atom is -0.497 e. The third-order valence-corrected chi connectivity index (χ3v) is 5.18. The van der Waals surface area contributed by atoms with Crippen LogP contribution in [0, 0.1) is 0 Å². The van der Waals surface area contributed by atoms with Crippen molar-refractivity contribution in [2.45, 2.75) is 13.5 Å². The smallest absolute Gasteiger partial charge is 0.278 e. The van der Waals surface area contributed by atoms with Crippen LogP contribution >= 0.6 is 0 Å². The van der Waals surface area contributed by atoms with Crippen molar-refractivity contribution in [2.24, 2.45) is 0 Å². The number of carbonyl (C=O) groups excluding carboxylic acids is 2. The summed E-state index contributed by atoms with van der Waals surface area (Å²) >= 11 is 0. The molecule has 8 heteroatoms. The first-order valence-electron chi connectivity index (χ1n) is 10.4. The van der Waals surface area contributed by atoms with Gasteiger partial charge in [0.15, 0.2) is 0 Å². The number of amides is 2. The third kappa shape index (κ3) is 4.41. The standard InChI is InChI=1S/C25H24N2O6/c1-4-32-17-9-7-16(8-10-17)22-23(26-20-12-11-18(30-2)14-21(20)31-3)25(29)27(24(22)28)15-19-6-5-13-33-19/h5-14,26H,4,15H2,1-3H3. The van der Waals surface area contributed by atoms with Gasteiger partial charge < -0.3 is 23.9 Å². The van der Waals surface area contributed by atoms with Gasteiger partial charge in [0.05, 0.1) is 44.9 Å². The van der Waals surface area contributed by atoms with Crippen LogP contribution in [-0.4, -0.2) is 37.5 Å². The molecule has 2 heterocycles. The van der Waals surface area contributed by atoms with Crippen LogP contribution in [0.2, 0.25) is 0 Å². The van der Waals surface area contributed by atoms with Gasteiger partial charge in [-0.2, -0.15) is 0 Å². The Morgan fingerprint density at radius 3 is 2.33 bits per heavy atom. The van der Waals surface area contributed by atoms with Gasteiger partial charge in [0.1, 0.15) is 28.7 Å². The van der Waals surface area contributed by atoms with Crippen LogP contribution in [0.4, 0.5) is 5.69 Å². The molecule has 0 fully saturated rings. The molecule has 2 aromatic carbocycles.